The molecule has 0 saturated heterocycles. The molecule has 1 aromatic carbocycles. The lowest BCUT2D eigenvalue weighted by Gasteiger charge is -2.04. The highest BCUT2D eigenvalue weighted by molar-refractivity contribution is 5.95. The number of ketones is 1. The Labute approximate surface area is 155 Å². The molecule has 0 atom stereocenters. The molecule has 0 unspecified atom stereocenters. The van der Waals surface area contributed by atoms with Crippen LogP contribution < -0.4 is 10.6 Å². The minimum atomic E-state index is -0.491. The maximum absolute atomic E-state index is 12.1. The smallest absolute Gasteiger partial charge is 0.287 e. The van der Waals surface area contributed by atoms with Gasteiger partial charge in [-0.3, -0.25) is 14.4 Å². The number of hydrogen-bond donors (Lipinski definition) is 2. The fourth-order valence-electron chi connectivity index (χ4n) is 2.39. The highest BCUT2D eigenvalue weighted by atomic mass is 16.4. The van der Waals surface area contributed by atoms with Crippen molar-refractivity contribution in [2.24, 2.45) is 0 Å². The predicted octanol–water partition coefficient (Wildman–Crippen LogP) is 2.79. The molecule has 3 rings (SSSR count). The van der Waals surface area contributed by atoms with Crippen LogP contribution in [0.25, 0.3) is 11.3 Å². The van der Waals surface area contributed by atoms with Crippen LogP contribution in [0.5, 0.6) is 0 Å². The zero-order valence-corrected chi connectivity index (χ0v) is 14.7. The van der Waals surface area contributed by atoms with E-state index in [1.54, 1.807) is 42.5 Å². The van der Waals surface area contributed by atoms with Crippen molar-refractivity contribution < 1.29 is 23.2 Å². The van der Waals surface area contributed by atoms with Crippen LogP contribution in [0.3, 0.4) is 0 Å². The number of benzene rings is 1. The highest BCUT2D eigenvalue weighted by Gasteiger charge is 2.14. The molecule has 0 aliphatic heterocycles. The van der Waals surface area contributed by atoms with Gasteiger partial charge in [0.15, 0.2) is 11.5 Å². The second-order valence-corrected chi connectivity index (χ2v) is 5.84. The van der Waals surface area contributed by atoms with Gasteiger partial charge in [-0.2, -0.15) is 0 Å². The lowest BCUT2D eigenvalue weighted by molar-refractivity contribution is -0.120. The third-order valence-electron chi connectivity index (χ3n) is 3.86. The molecule has 2 N–H and O–H groups in total. The number of furan rings is 2. The van der Waals surface area contributed by atoms with Gasteiger partial charge in [0.2, 0.25) is 5.91 Å². The van der Waals surface area contributed by atoms with E-state index in [9.17, 15) is 14.4 Å². The Hall–Kier alpha value is -3.61. The molecular weight excluding hydrogens is 348 g/mol. The Morgan fingerprint density at radius 1 is 0.963 bits per heavy atom. The van der Waals surface area contributed by atoms with E-state index < -0.39 is 5.91 Å². The maximum Gasteiger partial charge on any atom is 0.287 e. The van der Waals surface area contributed by atoms with Gasteiger partial charge in [-0.1, -0.05) is 24.3 Å². The molecule has 2 aromatic heterocycles. The standard InChI is InChI=1S/C20H18N2O5/c1-13(23)14-4-6-15(7-5-14)17-8-9-18(27-17)20(25)22-12-19(24)21-11-16-3-2-10-26-16/h2-10H,11-12H2,1H3,(H,21,24)(H,22,25). The predicted molar refractivity (Wildman–Crippen MR) is 97.0 cm³/mol. The minimum Gasteiger partial charge on any atom is -0.467 e. The van der Waals surface area contributed by atoms with Crippen molar-refractivity contribution >= 4 is 17.6 Å². The molecule has 3 aromatic rings. The first kappa shape index (κ1) is 18.2. The molecule has 0 radical (unpaired) electrons. The Kier molecular flexibility index (Phi) is 5.51. The lowest BCUT2D eigenvalue weighted by Crippen LogP contribution is -2.36. The zero-order chi connectivity index (χ0) is 19.2. The number of Topliss-reactive ketones (excluding diaryl/α,β-unsaturated/α-hetero) is 1. The molecule has 0 fully saturated rings. The Balaban J connectivity index is 1.53. The van der Waals surface area contributed by atoms with Crippen LogP contribution in [0, 0.1) is 0 Å². The minimum absolute atomic E-state index is 0.0219. The molecule has 27 heavy (non-hydrogen) atoms. The van der Waals surface area contributed by atoms with Crippen molar-refractivity contribution in [3.63, 3.8) is 0 Å². The van der Waals surface area contributed by atoms with Crippen molar-refractivity contribution in [3.8, 4) is 11.3 Å². The fraction of sp³-hybridized carbons (Fsp3) is 0.150. The van der Waals surface area contributed by atoms with Gasteiger partial charge >= 0.3 is 0 Å². The van der Waals surface area contributed by atoms with Gasteiger partial charge in [0.1, 0.15) is 11.5 Å². The fourth-order valence-corrected chi connectivity index (χ4v) is 2.39. The lowest BCUT2D eigenvalue weighted by atomic mass is 10.1. The first-order valence-electron chi connectivity index (χ1n) is 8.31. The van der Waals surface area contributed by atoms with Gasteiger partial charge in [-0.25, -0.2) is 0 Å². The largest absolute Gasteiger partial charge is 0.467 e. The van der Waals surface area contributed by atoms with Gasteiger partial charge in [-0.15, -0.1) is 0 Å². The van der Waals surface area contributed by atoms with Gasteiger partial charge in [0.25, 0.3) is 5.91 Å². The summed E-state index contributed by atoms with van der Waals surface area (Å²) in [6.07, 6.45) is 1.52. The third kappa shape index (κ3) is 4.72. The first-order chi connectivity index (χ1) is 13.0. The SMILES string of the molecule is CC(=O)c1ccc(-c2ccc(C(=O)NCC(=O)NCc3ccco3)o2)cc1. The van der Waals surface area contributed by atoms with Crippen LogP contribution in [0.15, 0.2) is 63.6 Å². The number of amides is 2. The van der Waals surface area contributed by atoms with Gasteiger partial charge in [0.05, 0.1) is 19.4 Å². The molecule has 138 valence electrons. The number of carbonyl (C=O) groups excluding carboxylic acids is 3. The average Bonchev–Trinajstić information content (AvgIpc) is 3.36. The van der Waals surface area contributed by atoms with E-state index in [0.717, 1.165) is 5.56 Å². The normalized spacial score (nSPS) is 10.4. The molecule has 2 heterocycles. The second kappa shape index (κ2) is 8.18. The summed E-state index contributed by atoms with van der Waals surface area (Å²) in [6, 6.07) is 13.6. The second-order valence-electron chi connectivity index (χ2n) is 5.84. The number of nitrogens with one attached hydrogen (secondary N) is 2. The van der Waals surface area contributed by atoms with E-state index in [0.29, 0.717) is 17.1 Å². The molecule has 2 amide bonds. The van der Waals surface area contributed by atoms with Crippen LogP contribution in [0.2, 0.25) is 0 Å². The Morgan fingerprint density at radius 2 is 1.74 bits per heavy atom. The van der Waals surface area contributed by atoms with E-state index in [2.05, 4.69) is 10.6 Å². The summed E-state index contributed by atoms with van der Waals surface area (Å²) in [5, 5.41) is 5.13. The summed E-state index contributed by atoms with van der Waals surface area (Å²) in [7, 11) is 0. The van der Waals surface area contributed by atoms with Crippen LogP contribution in [0.1, 0.15) is 33.6 Å². The molecule has 7 nitrogen and oxygen atoms in total. The number of carbonyl (C=O) groups is 3. The molecule has 0 saturated carbocycles. The Bertz CT molecular complexity index is 939. The van der Waals surface area contributed by atoms with E-state index in [1.807, 2.05) is 0 Å². The Morgan fingerprint density at radius 3 is 2.41 bits per heavy atom. The number of rotatable bonds is 7. The van der Waals surface area contributed by atoms with E-state index in [4.69, 9.17) is 8.83 Å². The van der Waals surface area contributed by atoms with Crippen molar-refractivity contribution in [3.05, 3.63) is 71.9 Å². The summed E-state index contributed by atoms with van der Waals surface area (Å²) < 4.78 is 10.6. The van der Waals surface area contributed by atoms with Crippen LogP contribution in [-0.2, 0) is 11.3 Å². The van der Waals surface area contributed by atoms with Gasteiger partial charge in [0, 0.05) is 11.1 Å². The first-order valence-corrected chi connectivity index (χ1v) is 8.31. The summed E-state index contributed by atoms with van der Waals surface area (Å²) in [5.74, 6) is 0.366. The molecular formula is C20H18N2O5. The summed E-state index contributed by atoms with van der Waals surface area (Å²) in [5.41, 5.74) is 1.35. The summed E-state index contributed by atoms with van der Waals surface area (Å²) >= 11 is 0. The highest BCUT2D eigenvalue weighted by Crippen LogP contribution is 2.22. The molecule has 7 heteroatoms. The van der Waals surface area contributed by atoms with Crippen molar-refractivity contribution in [1.29, 1.82) is 0 Å². The van der Waals surface area contributed by atoms with E-state index in [-0.39, 0.29) is 30.5 Å². The van der Waals surface area contributed by atoms with Crippen LogP contribution >= 0.6 is 0 Å². The summed E-state index contributed by atoms with van der Waals surface area (Å²) in [4.78, 5) is 35.2. The monoisotopic (exact) mass is 366 g/mol. The average molecular weight is 366 g/mol. The zero-order valence-electron chi connectivity index (χ0n) is 14.7. The third-order valence-corrected chi connectivity index (χ3v) is 3.86. The quantitative estimate of drug-likeness (QED) is 0.626. The van der Waals surface area contributed by atoms with Crippen molar-refractivity contribution in [1.82, 2.24) is 10.6 Å². The maximum atomic E-state index is 12.1. The van der Waals surface area contributed by atoms with Crippen LogP contribution in [0.4, 0.5) is 0 Å². The van der Waals surface area contributed by atoms with Crippen LogP contribution in [-0.4, -0.2) is 24.1 Å². The summed E-state index contributed by atoms with van der Waals surface area (Å²) in [6.45, 7) is 1.57. The molecule has 0 aliphatic rings. The van der Waals surface area contributed by atoms with Crippen molar-refractivity contribution in [2.45, 2.75) is 13.5 Å². The molecule has 0 aliphatic carbocycles. The van der Waals surface area contributed by atoms with Gasteiger partial charge in [-0.05, 0) is 31.2 Å². The topological polar surface area (TPSA) is 102 Å². The van der Waals surface area contributed by atoms with E-state index in [1.165, 1.54) is 19.3 Å². The van der Waals surface area contributed by atoms with Crippen molar-refractivity contribution in [2.75, 3.05) is 6.54 Å². The molecule has 0 spiro atoms. The van der Waals surface area contributed by atoms with Gasteiger partial charge < -0.3 is 19.5 Å². The number of hydrogen-bond acceptors (Lipinski definition) is 5. The molecule has 0 bridgehead atoms. The van der Waals surface area contributed by atoms with E-state index >= 15 is 0 Å².